The molecular formula is C22H23N5O3. The molecule has 0 saturated heterocycles. The molecule has 4 aromatic rings. The topological polar surface area (TPSA) is 94.9 Å². The number of nitrogens with zero attached hydrogens (tertiary/aromatic N) is 4. The van der Waals surface area contributed by atoms with Crippen LogP contribution in [0.4, 0.5) is 0 Å². The Morgan fingerprint density at radius 1 is 1.13 bits per heavy atom. The Labute approximate surface area is 173 Å². The summed E-state index contributed by atoms with van der Waals surface area (Å²) in [5.74, 6) is 0.506. The van der Waals surface area contributed by atoms with Crippen molar-refractivity contribution in [2.45, 2.75) is 33.2 Å². The molecule has 1 atom stereocenters. The van der Waals surface area contributed by atoms with Crippen molar-refractivity contribution in [2.75, 3.05) is 6.54 Å². The molecule has 0 unspecified atom stereocenters. The summed E-state index contributed by atoms with van der Waals surface area (Å²) < 4.78 is 8.21. The van der Waals surface area contributed by atoms with E-state index < -0.39 is 6.04 Å². The number of furan rings is 1. The van der Waals surface area contributed by atoms with E-state index >= 15 is 0 Å². The highest BCUT2D eigenvalue weighted by atomic mass is 16.3. The van der Waals surface area contributed by atoms with Crippen LogP contribution >= 0.6 is 0 Å². The van der Waals surface area contributed by atoms with Crippen molar-refractivity contribution in [3.8, 4) is 5.69 Å². The van der Waals surface area contributed by atoms with E-state index in [4.69, 9.17) is 4.42 Å². The van der Waals surface area contributed by atoms with Gasteiger partial charge in [0.15, 0.2) is 5.52 Å². The lowest BCUT2D eigenvalue weighted by molar-refractivity contribution is -0.124. The first-order valence-electron chi connectivity index (χ1n) is 9.81. The fraction of sp³-hybridized carbons (Fsp3) is 0.273. The number of fused-ring (bicyclic) bond motifs is 1. The van der Waals surface area contributed by atoms with Crippen molar-refractivity contribution in [1.29, 1.82) is 0 Å². The molecule has 1 N–H and O–H groups in total. The van der Waals surface area contributed by atoms with Gasteiger partial charge >= 0.3 is 0 Å². The predicted octanol–water partition coefficient (Wildman–Crippen LogP) is 2.71. The van der Waals surface area contributed by atoms with Crippen LogP contribution in [0.1, 0.15) is 30.1 Å². The molecule has 1 amide bonds. The quantitative estimate of drug-likeness (QED) is 0.532. The zero-order valence-corrected chi connectivity index (χ0v) is 17.1. The minimum absolute atomic E-state index is 0.283. The van der Waals surface area contributed by atoms with Gasteiger partial charge < -0.3 is 9.73 Å². The van der Waals surface area contributed by atoms with Crippen molar-refractivity contribution in [1.82, 2.24) is 24.9 Å². The van der Waals surface area contributed by atoms with Crippen LogP contribution in [0.3, 0.4) is 0 Å². The Kier molecular flexibility index (Phi) is 5.22. The molecule has 3 aromatic heterocycles. The van der Waals surface area contributed by atoms with Gasteiger partial charge in [0.1, 0.15) is 11.8 Å². The van der Waals surface area contributed by atoms with Crippen molar-refractivity contribution in [3.05, 3.63) is 76.2 Å². The van der Waals surface area contributed by atoms with Crippen LogP contribution in [0.15, 0.2) is 57.9 Å². The zero-order chi connectivity index (χ0) is 21.3. The van der Waals surface area contributed by atoms with Crippen LogP contribution in [0, 0.1) is 13.8 Å². The van der Waals surface area contributed by atoms with Crippen molar-refractivity contribution in [2.24, 2.45) is 0 Å². The van der Waals surface area contributed by atoms with Gasteiger partial charge in [-0.1, -0.05) is 18.2 Å². The van der Waals surface area contributed by atoms with E-state index in [-0.39, 0.29) is 11.5 Å². The van der Waals surface area contributed by atoms with E-state index in [2.05, 4.69) is 15.5 Å². The highest BCUT2D eigenvalue weighted by Gasteiger charge is 2.23. The number of hydrogen-bond acceptors (Lipinski definition) is 5. The molecule has 0 fully saturated rings. The molecular weight excluding hydrogens is 382 g/mol. The van der Waals surface area contributed by atoms with Gasteiger partial charge in [0.2, 0.25) is 5.91 Å². The maximum atomic E-state index is 13.1. The van der Waals surface area contributed by atoms with E-state index in [0.29, 0.717) is 29.6 Å². The van der Waals surface area contributed by atoms with Crippen molar-refractivity contribution in [3.63, 3.8) is 0 Å². The number of para-hydroxylation sites is 1. The third kappa shape index (κ3) is 3.52. The zero-order valence-electron chi connectivity index (χ0n) is 17.1. The van der Waals surface area contributed by atoms with Crippen LogP contribution < -0.4 is 10.9 Å². The molecule has 0 bridgehead atoms. The van der Waals surface area contributed by atoms with Gasteiger partial charge in [0, 0.05) is 13.0 Å². The molecule has 0 aliphatic rings. The van der Waals surface area contributed by atoms with Gasteiger partial charge in [-0.3, -0.25) is 9.59 Å². The third-order valence-electron chi connectivity index (χ3n) is 5.14. The minimum atomic E-state index is -0.764. The number of carbonyl (C=O) groups is 1. The fourth-order valence-electron chi connectivity index (χ4n) is 3.56. The maximum absolute atomic E-state index is 13.1. The molecule has 0 radical (unpaired) electrons. The summed E-state index contributed by atoms with van der Waals surface area (Å²) in [5.41, 5.74) is 2.27. The normalized spacial score (nSPS) is 12.2. The highest BCUT2D eigenvalue weighted by molar-refractivity contribution is 5.84. The molecule has 0 spiro atoms. The van der Waals surface area contributed by atoms with Crippen LogP contribution in [0.5, 0.6) is 0 Å². The number of carbonyl (C=O) groups excluding carboxylic acids is 1. The van der Waals surface area contributed by atoms with Gasteiger partial charge in [-0.15, -0.1) is 0 Å². The van der Waals surface area contributed by atoms with Crippen molar-refractivity contribution >= 4 is 16.8 Å². The average Bonchev–Trinajstić information content (AvgIpc) is 3.39. The number of rotatable bonds is 6. The number of benzene rings is 1. The third-order valence-corrected chi connectivity index (χ3v) is 5.14. The Hall–Kier alpha value is -3.68. The van der Waals surface area contributed by atoms with Crippen LogP contribution in [-0.4, -0.2) is 32.0 Å². The number of aromatic nitrogens is 4. The Morgan fingerprint density at radius 3 is 2.60 bits per heavy atom. The van der Waals surface area contributed by atoms with E-state index in [1.807, 2.05) is 50.2 Å². The highest BCUT2D eigenvalue weighted by Crippen LogP contribution is 2.21. The first kappa shape index (κ1) is 19.6. The molecule has 0 aliphatic carbocycles. The van der Waals surface area contributed by atoms with E-state index in [0.717, 1.165) is 17.1 Å². The lowest BCUT2D eigenvalue weighted by atomic mass is 10.2. The second-order valence-electron chi connectivity index (χ2n) is 7.19. The van der Waals surface area contributed by atoms with Crippen LogP contribution in [0.25, 0.3) is 16.6 Å². The number of nitrogens with one attached hydrogen (secondary N) is 1. The summed E-state index contributed by atoms with van der Waals surface area (Å²) in [6.45, 7) is 5.80. The molecule has 8 heteroatoms. The molecule has 8 nitrogen and oxygen atoms in total. The molecule has 4 rings (SSSR count). The Bertz CT molecular complexity index is 1240. The fourth-order valence-corrected chi connectivity index (χ4v) is 3.56. The van der Waals surface area contributed by atoms with Gasteiger partial charge in [0.25, 0.3) is 5.56 Å². The average molecular weight is 405 g/mol. The van der Waals surface area contributed by atoms with Gasteiger partial charge in [-0.25, -0.2) is 9.36 Å². The first-order chi connectivity index (χ1) is 14.5. The van der Waals surface area contributed by atoms with E-state index in [9.17, 15) is 9.59 Å². The molecule has 0 saturated carbocycles. The van der Waals surface area contributed by atoms with E-state index in [1.165, 1.54) is 4.68 Å². The van der Waals surface area contributed by atoms with Crippen molar-refractivity contribution < 1.29 is 9.21 Å². The lowest BCUT2D eigenvalue weighted by Crippen LogP contribution is -2.38. The SMILES string of the molecule is Cc1nn([C@H](C)C(=O)NCCc2ccco2)c(=O)c2nn(-c3ccccc3)c(C)c12. The summed E-state index contributed by atoms with van der Waals surface area (Å²) >= 11 is 0. The second kappa shape index (κ2) is 7.98. The summed E-state index contributed by atoms with van der Waals surface area (Å²) in [7, 11) is 0. The summed E-state index contributed by atoms with van der Waals surface area (Å²) in [5, 5.41) is 12.5. The first-order valence-corrected chi connectivity index (χ1v) is 9.81. The molecule has 30 heavy (non-hydrogen) atoms. The summed E-state index contributed by atoms with van der Waals surface area (Å²) in [6, 6.07) is 12.5. The van der Waals surface area contributed by atoms with Gasteiger partial charge in [-0.05, 0) is 45.0 Å². The second-order valence-corrected chi connectivity index (χ2v) is 7.19. The number of hydrogen-bond donors (Lipinski definition) is 1. The molecule has 3 heterocycles. The predicted molar refractivity (Wildman–Crippen MR) is 113 cm³/mol. The summed E-state index contributed by atoms with van der Waals surface area (Å²) in [6.07, 6.45) is 2.17. The molecule has 154 valence electrons. The number of aryl methyl sites for hydroxylation is 2. The van der Waals surface area contributed by atoms with Gasteiger partial charge in [-0.2, -0.15) is 10.2 Å². The minimum Gasteiger partial charge on any atom is -0.469 e. The monoisotopic (exact) mass is 405 g/mol. The van der Waals surface area contributed by atoms with E-state index in [1.54, 1.807) is 23.9 Å². The van der Waals surface area contributed by atoms with Gasteiger partial charge in [0.05, 0.1) is 28.7 Å². The number of amides is 1. The smallest absolute Gasteiger partial charge is 0.295 e. The molecule has 0 aliphatic heterocycles. The van der Waals surface area contributed by atoms with Crippen LogP contribution in [-0.2, 0) is 11.2 Å². The maximum Gasteiger partial charge on any atom is 0.295 e. The molecule has 1 aromatic carbocycles. The largest absolute Gasteiger partial charge is 0.469 e. The van der Waals surface area contributed by atoms with Crippen LogP contribution in [0.2, 0.25) is 0 Å². The summed E-state index contributed by atoms with van der Waals surface area (Å²) in [4.78, 5) is 25.7. The standard InChI is InChI=1S/C22H23N5O3/c1-14-19-15(2)26(17-8-5-4-6-9-17)25-20(19)22(29)27(24-14)16(3)21(28)23-12-11-18-10-7-13-30-18/h4-10,13,16H,11-12H2,1-3H3,(H,23,28)/t16-/m1/s1. The Morgan fingerprint density at radius 2 is 1.90 bits per heavy atom. The Balaban J connectivity index is 1.63. The lowest BCUT2D eigenvalue weighted by Gasteiger charge is -2.14.